The second-order valence-corrected chi connectivity index (χ2v) is 5.51. The van der Waals surface area contributed by atoms with E-state index in [2.05, 4.69) is 24.8 Å². The van der Waals surface area contributed by atoms with E-state index in [1.54, 1.807) is 30.9 Å². The summed E-state index contributed by atoms with van der Waals surface area (Å²) in [6.45, 7) is 4.32. The molecule has 3 heterocycles. The fourth-order valence-electron chi connectivity index (χ4n) is 2.48. The summed E-state index contributed by atoms with van der Waals surface area (Å²) in [6.07, 6.45) is 6.75. The van der Waals surface area contributed by atoms with Crippen LogP contribution in [-0.2, 0) is 6.54 Å². The molecule has 2 aromatic rings. The first-order chi connectivity index (χ1) is 10.8. The number of nitrogens with zero attached hydrogens (tertiary/aromatic N) is 6. The molecule has 0 amide bonds. The molecular formula is C15H15ClN6. The van der Waals surface area contributed by atoms with Crippen LogP contribution in [0.5, 0.6) is 0 Å². The van der Waals surface area contributed by atoms with Crippen LogP contribution in [0.25, 0.3) is 0 Å². The van der Waals surface area contributed by atoms with Gasteiger partial charge in [-0.3, -0.25) is 14.9 Å². The average molecular weight is 315 g/mol. The molecule has 0 N–H and O–H groups in total. The fraction of sp³-hybridized carbons (Fsp3) is 0.333. The molecule has 2 aromatic heterocycles. The van der Waals surface area contributed by atoms with Gasteiger partial charge in [0.2, 0.25) is 0 Å². The maximum Gasteiger partial charge on any atom is 0.147 e. The van der Waals surface area contributed by atoms with Gasteiger partial charge in [0.25, 0.3) is 0 Å². The van der Waals surface area contributed by atoms with Gasteiger partial charge in [-0.1, -0.05) is 11.6 Å². The Labute approximate surface area is 134 Å². The van der Waals surface area contributed by atoms with Crippen LogP contribution in [0, 0.1) is 11.3 Å². The van der Waals surface area contributed by atoms with E-state index in [4.69, 9.17) is 16.9 Å². The van der Waals surface area contributed by atoms with Gasteiger partial charge in [0.15, 0.2) is 0 Å². The van der Waals surface area contributed by atoms with Crippen molar-refractivity contribution in [3.8, 4) is 6.07 Å². The standard InChI is InChI=1S/C15H15ClN6/c16-14-7-12(8-17)9-20-15(14)22-5-3-21(4-6-22)11-13-10-18-1-2-19-13/h1-2,7,9-10H,3-6,11H2. The Morgan fingerprint density at radius 2 is 1.95 bits per heavy atom. The van der Waals surface area contributed by atoms with E-state index >= 15 is 0 Å². The Bertz CT molecular complexity index is 676. The third-order valence-corrected chi connectivity index (χ3v) is 3.90. The lowest BCUT2D eigenvalue weighted by molar-refractivity contribution is 0.246. The molecular weight excluding hydrogens is 300 g/mol. The highest BCUT2D eigenvalue weighted by molar-refractivity contribution is 6.33. The summed E-state index contributed by atoms with van der Waals surface area (Å²) >= 11 is 6.22. The summed E-state index contributed by atoms with van der Waals surface area (Å²) in [7, 11) is 0. The van der Waals surface area contributed by atoms with Gasteiger partial charge in [-0.15, -0.1) is 0 Å². The molecule has 0 atom stereocenters. The van der Waals surface area contributed by atoms with Crippen LogP contribution in [0.4, 0.5) is 5.82 Å². The molecule has 6 nitrogen and oxygen atoms in total. The highest BCUT2D eigenvalue weighted by atomic mass is 35.5. The van der Waals surface area contributed by atoms with Crippen LogP contribution >= 0.6 is 11.6 Å². The predicted molar refractivity (Wildman–Crippen MR) is 83.5 cm³/mol. The summed E-state index contributed by atoms with van der Waals surface area (Å²) in [5, 5.41) is 9.39. The van der Waals surface area contributed by atoms with Gasteiger partial charge in [0.1, 0.15) is 11.9 Å². The Morgan fingerprint density at radius 3 is 2.59 bits per heavy atom. The molecule has 1 fully saturated rings. The van der Waals surface area contributed by atoms with Crippen molar-refractivity contribution in [1.82, 2.24) is 19.9 Å². The van der Waals surface area contributed by atoms with Crippen molar-refractivity contribution in [3.05, 3.63) is 47.1 Å². The molecule has 1 saturated heterocycles. The minimum absolute atomic E-state index is 0.482. The van der Waals surface area contributed by atoms with Crippen molar-refractivity contribution in [2.45, 2.75) is 6.54 Å². The minimum Gasteiger partial charge on any atom is -0.353 e. The lowest BCUT2D eigenvalue weighted by Gasteiger charge is -2.35. The van der Waals surface area contributed by atoms with Gasteiger partial charge < -0.3 is 4.90 Å². The molecule has 0 saturated carbocycles. The molecule has 1 aliphatic heterocycles. The summed E-state index contributed by atoms with van der Waals surface area (Å²) in [5.41, 5.74) is 1.46. The maximum absolute atomic E-state index is 8.86. The Hall–Kier alpha value is -2.23. The van der Waals surface area contributed by atoms with Gasteiger partial charge in [0, 0.05) is 57.5 Å². The van der Waals surface area contributed by atoms with Crippen LogP contribution in [0.1, 0.15) is 11.3 Å². The van der Waals surface area contributed by atoms with E-state index in [1.807, 2.05) is 6.07 Å². The summed E-state index contributed by atoms with van der Waals surface area (Å²) < 4.78 is 0. The summed E-state index contributed by atoms with van der Waals surface area (Å²) in [5.74, 6) is 0.750. The van der Waals surface area contributed by atoms with E-state index in [-0.39, 0.29) is 0 Å². The first-order valence-corrected chi connectivity index (χ1v) is 7.42. The molecule has 3 rings (SSSR count). The molecule has 7 heteroatoms. The molecule has 0 unspecified atom stereocenters. The number of halogens is 1. The maximum atomic E-state index is 8.86. The number of aromatic nitrogens is 3. The normalized spacial score (nSPS) is 15.5. The number of pyridine rings is 1. The smallest absolute Gasteiger partial charge is 0.147 e. The number of piperazine rings is 1. The van der Waals surface area contributed by atoms with Crippen molar-refractivity contribution in [2.24, 2.45) is 0 Å². The molecule has 0 spiro atoms. The van der Waals surface area contributed by atoms with E-state index in [0.717, 1.165) is 44.2 Å². The highest BCUT2D eigenvalue weighted by Gasteiger charge is 2.20. The highest BCUT2D eigenvalue weighted by Crippen LogP contribution is 2.25. The monoisotopic (exact) mass is 314 g/mol. The number of nitriles is 1. The lowest BCUT2D eigenvalue weighted by Crippen LogP contribution is -2.46. The number of rotatable bonds is 3. The number of hydrogen-bond acceptors (Lipinski definition) is 6. The number of anilines is 1. The molecule has 112 valence electrons. The van der Waals surface area contributed by atoms with Gasteiger partial charge in [-0.05, 0) is 6.07 Å². The topological polar surface area (TPSA) is 68.9 Å². The zero-order valence-electron chi connectivity index (χ0n) is 12.0. The zero-order valence-corrected chi connectivity index (χ0v) is 12.7. The van der Waals surface area contributed by atoms with E-state index < -0.39 is 0 Å². The van der Waals surface area contributed by atoms with Crippen molar-refractivity contribution < 1.29 is 0 Å². The SMILES string of the molecule is N#Cc1cnc(N2CCN(Cc3cnccn3)CC2)c(Cl)c1. The third kappa shape index (κ3) is 3.32. The van der Waals surface area contributed by atoms with Crippen molar-refractivity contribution in [2.75, 3.05) is 31.1 Å². The second-order valence-electron chi connectivity index (χ2n) is 5.10. The largest absolute Gasteiger partial charge is 0.353 e. The first kappa shape index (κ1) is 14.7. The van der Waals surface area contributed by atoms with Gasteiger partial charge in [0.05, 0.1) is 16.3 Å². The van der Waals surface area contributed by atoms with Crippen LogP contribution in [0.2, 0.25) is 5.02 Å². The number of hydrogen-bond donors (Lipinski definition) is 0. The average Bonchev–Trinajstić information content (AvgIpc) is 2.56. The third-order valence-electron chi connectivity index (χ3n) is 3.62. The molecule has 0 radical (unpaired) electrons. The van der Waals surface area contributed by atoms with Crippen LogP contribution in [0.15, 0.2) is 30.9 Å². The van der Waals surface area contributed by atoms with E-state index in [0.29, 0.717) is 10.6 Å². The van der Waals surface area contributed by atoms with Crippen molar-refractivity contribution >= 4 is 17.4 Å². The van der Waals surface area contributed by atoms with Crippen molar-refractivity contribution in [3.63, 3.8) is 0 Å². The van der Waals surface area contributed by atoms with Crippen LogP contribution in [0.3, 0.4) is 0 Å². The van der Waals surface area contributed by atoms with E-state index in [9.17, 15) is 0 Å². The molecule has 0 aliphatic carbocycles. The molecule has 22 heavy (non-hydrogen) atoms. The fourth-order valence-corrected chi connectivity index (χ4v) is 2.77. The quantitative estimate of drug-likeness (QED) is 0.859. The van der Waals surface area contributed by atoms with Crippen LogP contribution in [-0.4, -0.2) is 46.0 Å². The van der Waals surface area contributed by atoms with E-state index in [1.165, 1.54) is 0 Å². The molecule has 1 aliphatic rings. The first-order valence-electron chi connectivity index (χ1n) is 7.04. The van der Waals surface area contributed by atoms with Gasteiger partial charge in [-0.25, -0.2) is 4.98 Å². The minimum atomic E-state index is 0.482. The Balaban J connectivity index is 1.61. The lowest BCUT2D eigenvalue weighted by atomic mass is 10.2. The second kappa shape index (κ2) is 6.69. The Morgan fingerprint density at radius 1 is 1.14 bits per heavy atom. The van der Waals surface area contributed by atoms with Gasteiger partial charge >= 0.3 is 0 Å². The predicted octanol–water partition coefficient (Wildman–Crippen LogP) is 1.72. The van der Waals surface area contributed by atoms with Crippen molar-refractivity contribution in [1.29, 1.82) is 5.26 Å². The zero-order chi connectivity index (χ0) is 15.4. The summed E-state index contributed by atoms with van der Waals surface area (Å²) in [6, 6.07) is 3.71. The molecule has 0 aromatic carbocycles. The summed E-state index contributed by atoms with van der Waals surface area (Å²) in [4.78, 5) is 17.2. The Kier molecular flexibility index (Phi) is 4.47. The van der Waals surface area contributed by atoms with Gasteiger partial charge in [-0.2, -0.15) is 5.26 Å². The van der Waals surface area contributed by atoms with Crippen LogP contribution < -0.4 is 4.90 Å². The molecule has 0 bridgehead atoms.